The molecule has 0 atom stereocenters. The maximum Gasteiger partial charge on any atom is 0.0714 e. The molecule has 0 saturated heterocycles. The molecular weight excluding hydrogens is 424 g/mol. The van der Waals surface area contributed by atoms with Crippen molar-refractivity contribution < 1.29 is 0 Å². The van der Waals surface area contributed by atoms with Crippen molar-refractivity contribution in [3.05, 3.63) is 120 Å². The summed E-state index contributed by atoms with van der Waals surface area (Å²) >= 11 is 0. The zero-order chi connectivity index (χ0) is 23.9. The van der Waals surface area contributed by atoms with E-state index < -0.39 is 0 Å². The normalized spacial score (nSPS) is 11.3. The van der Waals surface area contributed by atoms with E-state index in [9.17, 15) is 0 Å². The fraction of sp³-hybridized carbons (Fsp3) is 0.0909. The second kappa shape index (κ2) is 8.48. The summed E-state index contributed by atoms with van der Waals surface area (Å²) in [4.78, 5) is 9.33. The van der Waals surface area contributed by atoms with Gasteiger partial charge in [-0.3, -0.25) is 9.97 Å². The van der Waals surface area contributed by atoms with Gasteiger partial charge < -0.3 is 0 Å². The lowest BCUT2D eigenvalue weighted by Crippen LogP contribution is -1.91. The average molecular weight is 451 g/mol. The van der Waals surface area contributed by atoms with Crippen LogP contribution in [0.4, 0.5) is 0 Å². The van der Waals surface area contributed by atoms with Gasteiger partial charge >= 0.3 is 0 Å². The number of hydrogen-bond acceptors (Lipinski definition) is 2. The second-order valence-corrected chi connectivity index (χ2v) is 9.38. The van der Waals surface area contributed by atoms with Crippen LogP contribution in [0.5, 0.6) is 0 Å². The van der Waals surface area contributed by atoms with Crippen molar-refractivity contribution in [1.82, 2.24) is 9.97 Å². The first-order valence-corrected chi connectivity index (χ1v) is 12.0. The maximum absolute atomic E-state index is 4.77. The maximum atomic E-state index is 4.77. The van der Waals surface area contributed by atoms with Crippen LogP contribution < -0.4 is 0 Å². The summed E-state index contributed by atoms with van der Waals surface area (Å²) in [7, 11) is 0. The van der Waals surface area contributed by atoms with Gasteiger partial charge in [-0.2, -0.15) is 0 Å². The van der Waals surface area contributed by atoms with E-state index >= 15 is 0 Å². The Bertz CT molecular complexity index is 1720. The smallest absolute Gasteiger partial charge is 0.0714 e. The number of rotatable bonds is 3. The fourth-order valence-corrected chi connectivity index (χ4v) is 5.04. The van der Waals surface area contributed by atoms with Gasteiger partial charge in [-0.15, -0.1) is 0 Å². The van der Waals surface area contributed by atoms with E-state index in [0.29, 0.717) is 0 Å². The Morgan fingerprint density at radius 3 is 2.09 bits per heavy atom. The van der Waals surface area contributed by atoms with Crippen molar-refractivity contribution in [2.45, 2.75) is 20.8 Å². The molecule has 0 unspecified atom stereocenters. The highest BCUT2D eigenvalue weighted by Gasteiger charge is 2.13. The molecule has 0 amide bonds. The van der Waals surface area contributed by atoms with Crippen molar-refractivity contribution in [2.75, 3.05) is 0 Å². The zero-order valence-electron chi connectivity index (χ0n) is 20.2. The van der Waals surface area contributed by atoms with Gasteiger partial charge in [0.25, 0.3) is 0 Å². The van der Waals surface area contributed by atoms with Gasteiger partial charge in [0.1, 0.15) is 0 Å². The summed E-state index contributed by atoms with van der Waals surface area (Å²) in [5, 5.41) is 3.70. The van der Waals surface area contributed by atoms with Crippen LogP contribution in [0, 0.1) is 20.8 Å². The molecule has 0 radical (unpaired) electrons. The molecule has 6 aromatic rings. The first-order valence-electron chi connectivity index (χ1n) is 12.0. The first kappa shape index (κ1) is 21.2. The molecule has 4 aromatic carbocycles. The highest BCUT2D eigenvalue weighted by molar-refractivity contribution is 6.13. The van der Waals surface area contributed by atoms with Crippen molar-refractivity contribution in [1.29, 1.82) is 0 Å². The minimum atomic E-state index is 0.989. The lowest BCUT2D eigenvalue weighted by atomic mass is 9.90. The Labute approximate surface area is 206 Å². The van der Waals surface area contributed by atoms with Crippen LogP contribution in [-0.4, -0.2) is 9.97 Å². The molecule has 0 spiro atoms. The molecule has 6 rings (SSSR count). The van der Waals surface area contributed by atoms with Crippen molar-refractivity contribution in [3.63, 3.8) is 0 Å². The average Bonchev–Trinajstić information content (AvgIpc) is 2.89. The van der Waals surface area contributed by atoms with Gasteiger partial charge in [0, 0.05) is 23.3 Å². The van der Waals surface area contributed by atoms with Gasteiger partial charge in [0.15, 0.2) is 0 Å². The van der Waals surface area contributed by atoms with E-state index in [0.717, 1.165) is 16.8 Å². The van der Waals surface area contributed by atoms with Gasteiger partial charge in [-0.05, 0) is 107 Å². The summed E-state index contributed by atoms with van der Waals surface area (Å²) < 4.78 is 0. The molecular formula is C33H26N2. The van der Waals surface area contributed by atoms with Crippen molar-refractivity contribution in [2.24, 2.45) is 0 Å². The third-order valence-corrected chi connectivity index (χ3v) is 6.74. The van der Waals surface area contributed by atoms with Crippen LogP contribution in [0.3, 0.4) is 0 Å². The monoisotopic (exact) mass is 450 g/mol. The molecule has 0 N–H and O–H groups in total. The van der Waals surface area contributed by atoms with Gasteiger partial charge in [-0.25, -0.2) is 0 Å². The molecule has 168 valence electrons. The summed E-state index contributed by atoms with van der Waals surface area (Å²) in [6.07, 6.45) is 3.80. The van der Waals surface area contributed by atoms with Crippen LogP contribution in [0.2, 0.25) is 0 Å². The zero-order valence-corrected chi connectivity index (χ0v) is 20.2. The Morgan fingerprint density at radius 1 is 0.514 bits per heavy atom. The quantitative estimate of drug-likeness (QED) is 0.252. The number of nitrogens with zero attached hydrogens (tertiary/aromatic N) is 2. The molecule has 2 heterocycles. The Hall–Kier alpha value is -4.30. The van der Waals surface area contributed by atoms with Crippen molar-refractivity contribution in [3.8, 4) is 33.5 Å². The Balaban J connectivity index is 1.57. The van der Waals surface area contributed by atoms with Crippen LogP contribution in [0.15, 0.2) is 103 Å². The lowest BCUT2D eigenvalue weighted by molar-refractivity contribution is 1.32. The second-order valence-electron chi connectivity index (χ2n) is 9.38. The minimum Gasteiger partial charge on any atom is -0.256 e. The molecule has 2 aromatic heterocycles. The lowest BCUT2D eigenvalue weighted by Gasteiger charge is -2.15. The standard InChI is InChI=1S/C33H26N2/c1-21-14-25(29-18-24(12-11-23(29)3)32-10-6-7-13-34-32)17-26(15-21)30-19-33-31(16-22(2)20-35-33)28-9-5-4-8-27(28)30/h4-20H,1-3H3. The molecule has 0 fully saturated rings. The molecule has 0 aliphatic rings. The van der Waals surface area contributed by atoms with Crippen molar-refractivity contribution >= 4 is 21.7 Å². The third-order valence-electron chi connectivity index (χ3n) is 6.74. The molecule has 2 nitrogen and oxygen atoms in total. The van der Waals surface area contributed by atoms with E-state index in [-0.39, 0.29) is 0 Å². The highest BCUT2D eigenvalue weighted by atomic mass is 14.7. The molecule has 0 saturated carbocycles. The number of fused-ring (bicyclic) bond motifs is 3. The first-order chi connectivity index (χ1) is 17.1. The van der Waals surface area contributed by atoms with Gasteiger partial charge in [0.2, 0.25) is 0 Å². The topological polar surface area (TPSA) is 25.8 Å². The molecule has 2 heteroatoms. The van der Waals surface area contributed by atoms with Gasteiger partial charge in [0.05, 0.1) is 11.2 Å². The number of hydrogen-bond donors (Lipinski definition) is 0. The third kappa shape index (κ3) is 3.87. The Morgan fingerprint density at radius 2 is 1.29 bits per heavy atom. The van der Waals surface area contributed by atoms with Crippen LogP contribution in [0.1, 0.15) is 16.7 Å². The van der Waals surface area contributed by atoms with Crippen LogP contribution in [0.25, 0.3) is 55.2 Å². The number of pyridine rings is 2. The summed E-state index contributed by atoms with van der Waals surface area (Å²) in [6, 6.07) is 32.7. The highest BCUT2D eigenvalue weighted by Crippen LogP contribution is 2.38. The van der Waals surface area contributed by atoms with E-state index in [1.807, 2.05) is 24.5 Å². The summed E-state index contributed by atoms with van der Waals surface area (Å²) in [5.41, 5.74) is 11.7. The van der Waals surface area contributed by atoms with E-state index in [2.05, 4.69) is 105 Å². The van der Waals surface area contributed by atoms with E-state index in [4.69, 9.17) is 4.98 Å². The largest absolute Gasteiger partial charge is 0.256 e. The fourth-order valence-electron chi connectivity index (χ4n) is 5.04. The molecule has 0 aliphatic heterocycles. The number of aromatic nitrogens is 2. The predicted molar refractivity (Wildman–Crippen MR) is 148 cm³/mol. The van der Waals surface area contributed by atoms with Gasteiger partial charge in [-0.1, -0.05) is 54.6 Å². The number of benzene rings is 4. The van der Waals surface area contributed by atoms with Crippen LogP contribution >= 0.6 is 0 Å². The summed E-state index contributed by atoms with van der Waals surface area (Å²) in [5.74, 6) is 0. The van der Waals surface area contributed by atoms with E-state index in [1.54, 1.807) is 0 Å². The SMILES string of the molecule is Cc1cc(-c2cc(-c3ccccn3)ccc2C)cc(-c2cc3ncc(C)cc3c3ccccc23)c1. The predicted octanol–water partition coefficient (Wildman–Crippen LogP) is 8.71. The number of aryl methyl sites for hydroxylation is 3. The molecule has 0 aliphatic carbocycles. The Kier molecular flexibility index (Phi) is 5.15. The van der Waals surface area contributed by atoms with E-state index in [1.165, 1.54) is 55.1 Å². The molecule has 0 bridgehead atoms. The van der Waals surface area contributed by atoms with Crippen LogP contribution in [-0.2, 0) is 0 Å². The molecule has 35 heavy (non-hydrogen) atoms. The summed E-state index contributed by atoms with van der Waals surface area (Å²) in [6.45, 7) is 6.45. The minimum absolute atomic E-state index is 0.989.